The second-order valence-corrected chi connectivity index (χ2v) is 7.78. The summed E-state index contributed by atoms with van der Waals surface area (Å²) in [7, 11) is -15.7. The lowest BCUT2D eigenvalue weighted by molar-refractivity contribution is -0.429. The summed E-state index contributed by atoms with van der Waals surface area (Å²) in [6, 6.07) is 0. The largest absolute Gasteiger partial charge is 0.438 e. The van der Waals surface area contributed by atoms with Gasteiger partial charge in [-0.15, -0.1) is 0 Å². The molecule has 22 heteroatoms. The summed E-state index contributed by atoms with van der Waals surface area (Å²) in [6.07, 6.45) is 0. The first-order valence-electron chi connectivity index (χ1n) is 5.59. The predicted octanol–water partition coefficient (Wildman–Crippen LogP) is 3.12. The molecule has 6 nitrogen and oxygen atoms in total. The summed E-state index contributed by atoms with van der Waals surface area (Å²) in [6.45, 7) is 0. The van der Waals surface area contributed by atoms with Gasteiger partial charge < -0.3 is 0 Å². The van der Waals surface area contributed by atoms with Gasteiger partial charge in [-0.3, -0.25) is 9.11 Å². The summed E-state index contributed by atoms with van der Waals surface area (Å²) in [5.74, 6) is -42.9. The van der Waals surface area contributed by atoms with E-state index in [4.69, 9.17) is 9.11 Å². The van der Waals surface area contributed by atoms with Crippen molar-refractivity contribution in [1.82, 2.24) is 0 Å². The van der Waals surface area contributed by atoms with E-state index in [1.165, 1.54) is 0 Å². The minimum absolute atomic E-state index is 7.70. The molecule has 0 amide bonds. The van der Waals surface area contributed by atoms with E-state index in [1.807, 2.05) is 0 Å². The van der Waals surface area contributed by atoms with Crippen molar-refractivity contribution in [3.05, 3.63) is 0 Å². The van der Waals surface area contributed by atoms with Gasteiger partial charge in [-0.2, -0.15) is 78.3 Å². The molecule has 176 valence electrons. The maximum absolute atomic E-state index is 13.1. The molecule has 0 aliphatic rings. The molecule has 0 aromatic heterocycles. The fourth-order valence-electron chi connectivity index (χ4n) is 1.28. The smallest absolute Gasteiger partial charge is 0.281 e. The van der Waals surface area contributed by atoms with Crippen molar-refractivity contribution >= 4 is 20.2 Å². The van der Waals surface area contributed by atoms with Crippen molar-refractivity contribution in [2.45, 2.75) is 40.1 Å². The summed E-state index contributed by atoms with van der Waals surface area (Å²) in [5, 5.41) is -15.6. The second kappa shape index (κ2) is 6.42. The molecule has 0 aliphatic carbocycles. The van der Waals surface area contributed by atoms with Crippen LogP contribution in [0, 0.1) is 0 Å². The van der Waals surface area contributed by atoms with E-state index in [1.54, 1.807) is 0 Å². The van der Waals surface area contributed by atoms with Gasteiger partial charge in [0.05, 0.1) is 0 Å². The van der Waals surface area contributed by atoms with Crippen LogP contribution in [-0.2, 0) is 20.2 Å². The van der Waals surface area contributed by atoms with Gasteiger partial charge in [-0.1, -0.05) is 0 Å². The Morgan fingerprint density at radius 3 is 0.655 bits per heavy atom. The lowest BCUT2D eigenvalue weighted by Gasteiger charge is -2.41. The third kappa shape index (κ3) is 3.30. The molecule has 0 unspecified atom stereocenters. The first-order chi connectivity index (χ1) is 12.0. The third-order valence-corrected chi connectivity index (χ3v) is 4.76. The van der Waals surface area contributed by atoms with Crippen molar-refractivity contribution in [3.63, 3.8) is 0 Å². The molecule has 2 N–H and O–H groups in total. The van der Waals surface area contributed by atoms with E-state index >= 15 is 0 Å². The Kier molecular flexibility index (Phi) is 6.16. The zero-order valence-corrected chi connectivity index (χ0v) is 13.8. The van der Waals surface area contributed by atoms with E-state index < -0.39 is 60.4 Å². The SMILES string of the molecule is O=S(=O)(O)C(F)(F)C(F)(F)C(F)(F)C(F)(F)C(F)(F)C(F)(F)C(F)(F)S(=O)(=O)O. The zero-order chi connectivity index (χ0) is 24.5. The van der Waals surface area contributed by atoms with Crippen LogP contribution < -0.4 is 0 Å². The number of alkyl halides is 14. The topological polar surface area (TPSA) is 109 Å². The van der Waals surface area contributed by atoms with Gasteiger partial charge in [-0.25, -0.2) is 0 Å². The standard InChI is InChI=1S/C7H2F14O6S2/c8-1(9,2(10,11)4(14,15)6(18,19)28(22,23)24)3(12,13)5(16,17)7(20,21)29(25,26)27/h(H,22,23,24)(H,25,26,27). The van der Waals surface area contributed by atoms with Crippen molar-refractivity contribution in [1.29, 1.82) is 0 Å². The third-order valence-electron chi connectivity index (χ3n) is 2.96. The highest BCUT2D eigenvalue weighted by molar-refractivity contribution is 7.87. The zero-order valence-electron chi connectivity index (χ0n) is 12.1. The molecule has 29 heavy (non-hydrogen) atoms. The first-order valence-corrected chi connectivity index (χ1v) is 8.47. The Labute approximate surface area is 149 Å². The van der Waals surface area contributed by atoms with E-state index in [-0.39, 0.29) is 0 Å². The number of rotatable bonds is 8. The van der Waals surface area contributed by atoms with Gasteiger partial charge in [0.25, 0.3) is 0 Å². The van der Waals surface area contributed by atoms with E-state index in [0.29, 0.717) is 0 Å². The van der Waals surface area contributed by atoms with Crippen LogP contribution in [-0.4, -0.2) is 66.1 Å². The maximum atomic E-state index is 13.1. The lowest BCUT2D eigenvalue weighted by atomic mass is 9.94. The van der Waals surface area contributed by atoms with Gasteiger partial charge in [0.1, 0.15) is 0 Å². The second-order valence-electron chi connectivity index (χ2n) is 4.86. The average Bonchev–Trinajstić information content (AvgIpc) is 2.43. The minimum Gasteiger partial charge on any atom is -0.281 e. The van der Waals surface area contributed by atoms with Crippen molar-refractivity contribution in [2.75, 3.05) is 0 Å². The summed E-state index contributed by atoms with van der Waals surface area (Å²) >= 11 is 0. The van der Waals surface area contributed by atoms with E-state index in [9.17, 15) is 78.3 Å². The van der Waals surface area contributed by atoms with E-state index in [2.05, 4.69) is 0 Å². The number of halogens is 14. The fraction of sp³-hybridized carbons (Fsp3) is 1.00. The monoisotopic (exact) mass is 512 g/mol. The Morgan fingerprint density at radius 1 is 0.379 bits per heavy atom. The summed E-state index contributed by atoms with van der Waals surface area (Å²) < 4.78 is 237. The first kappa shape index (κ1) is 27.8. The van der Waals surface area contributed by atoms with Crippen LogP contribution in [0.25, 0.3) is 0 Å². The van der Waals surface area contributed by atoms with Crippen LogP contribution in [0.5, 0.6) is 0 Å². The number of hydrogen-bond donors (Lipinski definition) is 2. The Balaban J connectivity index is 6.98. The molecular weight excluding hydrogens is 510 g/mol. The molecule has 0 rings (SSSR count). The molecule has 0 aromatic rings. The lowest BCUT2D eigenvalue weighted by Crippen LogP contribution is -2.74. The molecule has 0 saturated heterocycles. The highest BCUT2D eigenvalue weighted by Gasteiger charge is 2.95. The Morgan fingerprint density at radius 2 is 0.517 bits per heavy atom. The van der Waals surface area contributed by atoms with Gasteiger partial charge in [0.15, 0.2) is 0 Å². The highest BCUT2D eigenvalue weighted by Crippen LogP contribution is 2.63. The van der Waals surface area contributed by atoms with Crippen LogP contribution in [0.1, 0.15) is 0 Å². The molecule has 0 heterocycles. The highest BCUT2D eigenvalue weighted by atomic mass is 32.2. The molecule has 0 bridgehead atoms. The quantitative estimate of drug-likeness (QED) is 0.383. The Bertz CT molecular complexity index is 789. The van der Waals surface area contributed by atoms with Gasteiger partial charge >= 0.3 is 60.4 Å². The predicted molar refractivity (Wildman–Crippen MR) is 57.7 cm³/mol. The maximum Gasteiger partial charge on any atom is 0.438 e. The molecule has 0 radical (unpaired) electrons. The molecule has 0 fully saturated rings. The van der Waals surface area contributed by atoms with Crippen LogP contribution in [0.2, 0.25) is 0 Å². The Hall–Kier alpha value is -1.16. The molecule has 0 atom stereocenters. The molecule has 0 aromatic carbocycles. The van der Waals surface area contributed by atoms with Gasteiger partial charge in [0.2, 0.25) is 0 Å². The van der Waals surface area contributed by atoms with E-state index in [0.717, 1.165) is 0 Å². The van der Waals surface area contributed by atoms with Crippen molar-refractivity contribution in [3.8, 4) is 0 Å². The van der Waals surface area contributed by atoms with Gasteiger partial charge in [0, 0.05) is 0 Å². The minimum atomic E-state index is -8.77. The van der Waals surface area contributed by atoms with Crippen LogP contribution in [0.3, 0.4) is 0 Å². The molecule has 0 spiro atoms. The molecule has 0 saturated carbocycles. The molecular formula is C7H2F14O6S2. The summed E-state index contributed by atoms with van der Waals surface area (Å²) in [4.78, 5) is 0. The summed E-state index contributed by atoms with van der Waals surface area (Å²) in [5.41, 5.74) is 0. The number of hydrogen-bond acceptors (Lipinski definition) is 4. The van der Waals surface area contributed by atoms with Crippen LogP contribution in [0.15, 0.2) is 0 Å². The van der Waals surface area contributed by atoms with Gasteiger partial charge in [-0.05, 0) is 0 Å². The molecule has 0 aliphatic heterocycles. The average molecular weight is 512 g/mol. The van der Waals surface area contributed by atoms with Crippen molar-refractivity contribution in [2.24, 2.45) is 0 Å². The van der Waals surface area contributed by atoms with Crippen molar-refractivity contribution < 1.29 is 87.4 Å². The van der Waals surface area contributed by atoms with Crippen LogP contribution in [0.4, 0.5) is 61.5 Å². The van der Waals surface area contributed by atoms with Crippen LogP contribution >= 0.6 is 0 Å². The fourth-order valence-corrected chi connectivity index (χ4v) is 2.19. The normalized spacial score (nSPS) is 16.8.